The van der Waals surface area contributed by atoms with Gasteiger partial charge in [0.25, 0.3) is 11.4 Å². The van der Waals surface area contributed by atoms with Crippen molar-refractivity contribution in [2.24, 2.45) is 0 Å². The molecule has 0 radical (unpaired) electrons. The van der Waals surface area contributed by atoms with Crippen LogP contribution in [0.15, 0.2) is 82.2 Å². The molecule has 0 fully saturated rings. The topological polar surface area (TPSA) is 112 Å². The fourth-order valence-electron chi connectivity index (χ4n) is 3.69. The van der Waals surface area contributed by atoms with E-state index in [1.165, 1.54) is 17.7 Å². The van der Waals surface area contributed by atoms with Crippen LogP contribution in [0.5, 0.6) is 5.75 Å². The highest BCUT2D eigenvalue weighted by Crippen LogP contribution is 2.29. The predicted octanol–water partition coefficient (Wildman–Crippen LogP) is 4.41. The highest BCUT2D eigenvalue weighted by atomic mass is 35.5. The number of benzene rings is 2. The molecule has 0 saturated carbocycles. The molecule has 9 nitrogen and oxygen atoms in total. The van der Waals surface area contributed by atoms with Crippen molar-refractivity contribution in [2.75, 3.05) is 12.4 Å². The molecule has 2 aromatic carbocycles. The van der Waals surface area contributed by atoms with E-state index in [-0.39, 0.29) is 23.9 Å². The van der Waals surface area contributed by atoms with Gasteiger partial charge in [-0.25, -0.2) is 0 Å². The minimum absolute atomic E-state index is 0.184. The Balaban J connectivity index is 1.47. The van der Waals surface area contributed by atoms with Gasteiger partial charge in [-0.2, -0.15) is 4.98 Å². The first-order chi connectivity index (χ1) is 17.0. The zero-order valence-corrected chi connectivity index (χ0v) is 19.2. The van der Waals surface area contributed by atoms with Gasteiger partial charge < -0.3 is 14.6 Å². The third-order valence-corrected chi connectivity index (χ3v) is 5.60. The lowest BCUT2D eigenvalue weighted by atomic mass is 10.1. The second kappa shape index (κ2) is 9.40. The number of nitrogens with zero attached hydrogens (tertiary/aromatic N) is 4. The summed E-state index contributed by atoms with van der Waals surface area (Å²) >= 11 is 6.14. The van der Waals surface area contributed by atoms with E-state index in [2.05, 4.69) is 20.4 Å². The zero-order chi connectivity index (χ0) is 24.4. The van der Waals surface area contributed by atoms with Crippen LogP contribution >= 0.6 is 11.6 Å². The van der Waals surface area contributed by atoms with Gasteiger partial charge >= 0.3 is 0 Å². The molecule has 0 atom stereocenters. The zero-order valence-electron chi connectivity index (χ0n) is 18.4. The highest BCUT2D eigenvalue weighted by molar-refractivity contribution is 6.32. The maximum absolute atomic E-state index is 13.1. The Kier molecular flexibility index (Phi) is 5.99. The number of carbonyl (C=O) groups is 1. The number of aromatic nitrogens is 4. The lowest BCUT2D eigenvalue weighted by Gasteiger charge is -2.13. The molecule has 174 valence electrons. The molecule has 0 unspecified atom stereocenters. The number of halogens is 1. The number of ether oxygens (including phenoxy) is 1. The minimum atomic E-state index is -0.390. The molecular formula is C25H18ClN5O4. The van der Waals surface area contributed by atoms with Crippen molar-refractivity contribution in [1.82, 2.24) is 19.7 Å². The van der Waals surface area contributed by atoms with E-state index in [0.29, 0.717) is 44.4 Å². The second-order valence-electron chi connectivity index (χ2n) is 7.54. The van der Waals surface area contributed by atoms with Crippen LogP contribution < -0.4 is 15.6 Å². The normalized spacial score (nSPS) is 10.9. The quantitative estimate of drug-likeness (QED) is 0.377. The number of anilines is 1. The lowest BCUT2D eigenvalue weighted by molar-refractivity contribution is -0.116. The van der Waals surface area contributed by atoms with E-state index in [1.807, 2.05) is 18.2 Å². The van der Waals surface area contributed by atoms with Crippen LogP contribution in [-0.2, 0) is 11.3 Å². The van der Waals surface area contributed by atoms with Gasteiger partial charge in [-0.15, -0.1) is 0 Å². The van der Waals surface area contributed by atoms with Crippen molar-refractivity contribution in [1.29, 1.82) is 0 Å². The highest BCUT2D eigenvalue weighted by Gasteiger charge is 2.18. The van der Waals surface area contributed by atoms with E-state index >= 15 is 0 Å². The first kappa shape index (κ1) is 22.3. The molecule has 0 saturated heterocycles. The molecule has 1 amide bonds. The molecule has 0 aliphatic carbocycles. The van der Waals surface area contributed by atoms with Gasteiger partial charge in [0.2, 0.25) is 11.7 Å². The molecule has 5 aromatic rings. The number of nitrogens with one attached hydrogen (secondary N) is 1. The number of carbonyl (C=O) groups excluding carboxylic acids is 1. The number of fused-ring (bicyclic) bond motifs is 1. The van der Waals surface area contributed by atoms with Crippen molar-refractivity contribution in [3.63, 3.8) is 0 Å². The van der Waals surface area contributed by atoms with Crippen LogP contribution in [0, 0.1) is 0 Å². The smallest absolute Gasteiger partial charge is 0.259 e. The van der Waals surface area contributed by atoms with Gasteiger partial charge in [0.15, 0.2) is 0 Å². The second-order valence-corrected chi connectivity index (χ2v) is 7.94. The summed E-state index contributed by atoms with van der Waals surface area (Å²) in [5.41, 5.74) is 1.67. The van der Waals surface area contributed by atoms with E-state index in [9.17, 15) is 9.59 Å². The lowest BCUT2D eigenvalue weighted by Crippen LogP contribution is -2.27. The van der Waals surface area contributed by atoms with Gasteiger partial charge in [0.1, 0.15) is 18.0 Å². The fraction of sp³-hybridized carbons (Fsp3) is 0.0800. The Labute approximate surface area is 204 Å². The van der Waals surface area contributed by atoms with Crippen molar-refractivity contribution in [2.45, 2.75) is 6.54 Å². The van der Waals surface area contributed by atoms with Crippen molar-refractivity contribution in [3.05, 3.63) is 88.3 Å². The van der Waals surface area contributed by atoms with Gasteiger partial charge in [0, 0.05) is 23.3 Å². The summed E-state index contributed by atoms with van der Waals surface area (Å²) in [6.07, 6.45) is 1.63. The number of amides is 1. The molecule has 0 bridgehead atoms. The molecule has 0 spiro atoms. The van der Waals surface area contributed by atoms with Crippen LogP contribution in [0.25, 0.3) is 33.9 Å². The summed E-state index contributed by atoms with van der Waals surface area (Å²) in [7, 11) is 1.51. The Hall–Kier alpha value is -4.50. The first-order valence-electron chi connectivity index (χ1n) is 10.5. The maximum Gasteiger partial charge on any atom is 0.259 e. The van der Waals surface area contributed by atoms with Crippen LogP contribution in [0.1, 0.15) is 0 Å². The fourth-order valence-corrected chi connectivity index (χ4v) is 3.95. The molecule has 3 heterocycles. The largest absolute Gasteiger partial charge is 0.495 e. The summed E-state index contributed by atoms with van der Waals surface area (Å²) in [4.78, 5) is 34.5. The number of methoxy groups -OCH3 is 1. The monoisotopic (exact) mass is 487 g/mol. The molecule has 0 aliphatic heterocycles. The Bertz CT molecular complexity index is 1600. The molecule has 3 aromatic heterocycles. The number of hydrogen-bond acceptors (Lipinski definition) is 7. The summed E-state index contributed by atoms with van der Waals surface area (Å²) < 4.78 is 12.0. The van der Waals surface area contributed by atoms with Crippen molar-refractivity contribution in [3.8, 4) is 28.7 Å². The van der Waals surface area contributed by atoms with Crippen molar-refractivity contribution < 1.29 is 14.1 Å². The summed E-state index contributed by atoms with van der Waals surface area (Å²) in [6.45, 7) is -0.202. The average Bonchev–Trinajstić information content (AvgIpc) is 3.36. The molecule has 0 aliphatic rings. The standard InChI is InChI=1S/C25H18ClN5O4/c1-34-21-10-9-15(12-18(21)26)28-22(32)14-31-20-8-3-2-6-16(20)17(13-23(31)33)25-29-24(30-35-25)19-7-4-5-11-27-19/h2-13H,14H2,1H3,(H,28,32). The molecule has 1 N–H and O–H groups in total. The molecular weight excluding hydrogens is 470 g/mol. The van der Waals surface area contributed by atoms with E-state index in [4.69, 9.17) is 20.9 Å². The van der Waals surface area contributed by atoms with Gasteiger partial charge in [-0.05, 0) is 36.4 Å². The van der Waals surface area contributed by atoms with E-state index in [1.54, 1.807) is 48.7 Å². The maximum atomic E-state index is 13.1. The van der Waals surface area contributed by atoms with Crippen LogP contribution in [-0.4, -0.2) is 32.7 Å². The van der Waals surface area contributed by atoms with Gasteiger partial charge in [0.05, 0.1) is 23.2 Å². The number of pyridine rings is 2. The van der Waals surface area contributed by atoms with Crippen LogP contribution in [0.2, 0.25) is 5.02 Å². The Morgan fingerprint density at radius 2 is 1.94 bits per heavy atom. The third kappa shape index (κ3) is 4.49. The Morgan fingerprint density at radius 3 is 2.71 bits per heavy atom. The predicted molar refractivity (Wildman–Crippen MR) is 131 cm³/mol. The number of para-hydroxylation sites is 1. The van der Waals surface area contributed by atoms with Gasteiger partial charge in [-0.1, -0.05) is 41.0 Å². The van der Waals surface area contributed by atoms with E-state index < -0.39 is 0 Å². The van der Waals surface area contributed by atoms with Crippen LogP contribution in [0.4, 0.5) is 5.69 Å². The summed E-state index contributed by atoms with van der Waals surface area (Å²) in [5.74, 6) is 0.603. The van der Waals surface area contributed by atoms with E-state index in [0.717, 1.165) is 0 Å². The van der Waals surface area contributed by atoms with Gasteiger partial charge in [-0.3, -0.25) is 19.1 Å². The number of hydrogen-bond donors (Lipinski definition) is 1. The molecule has 10 heteroatoms. The summed E-state index contributed by atoms with van der Waals surface area (Å²) in [6, 6.07) is 18.9. The minimum Gasteiger partial charge on any atom is -0.495 e. The third-order valence-electron chi connectivity index (χ3n) is 5.31. The SMILES string of the molecule is COc1ccc(NC(=O)Cn2c(=O)cc(-c3nc(-c4ccccn4)no3)c3ccccc32)cc1Cl. The average molecular weight is 488 g/mol. The molecule has 35 heavy (non-hydrogen) atoms. The van der Waals surface area contributed by atoms with Crippen LogP contribution in [0.3, 0.4) is 0 Å². The molecule has 5 rings (SSSR count). The number of rotatable bonds is 6. The Morgan fingerprint density at radius 1 is 1.11 bits per heavy atom. The summed E-state index contributed by atoms with van der Waals surface area (Å²) in [5, 5.41) is 7.80. The van der Waals surface area contributed by atoms with Crippen molar-refractivity contribution >= 4 is 34.1 Å². The first-order valence-corrected chi connectivity index (χ1v) is 10.9.